The highest BCUT2D eigenvalue weighted by Gasteiger charge is 2.54. The van der Waals surface area contributed by atoms with Gasteiger partial charge in [0.15, 0.2) is 9.04 Å². The summed E-state index contributed by atoms with van der Waals surface area (Å²) in [5.74, 6) is 0.457. The SMILES string of the molecule is C[C@H](c1ccccc1)N1C[C@H](C(O[SiH](C)C)C(C)(C)C)C(C)(C)C1=O. The molecule has 1 aliphatic rings. The molecular formula is C21H35NO2Si. The first-order chi connectivity index (χ1) is 11.5. The molecule has 140 valence electrons. The Morgan fingerprint density at radius 2 is 1.76 bits per heavy atom. The van der Waals surface area contributed by atoms with Crippen LogP contribution in [0.4, 0.5) is 0 Å². The lowest BCUT2D eigenvalue weighted by molar-refractivity contribution is -0.137. The minimum absolute atomic E-state index is 0.0193. The van der Waals surface area contributed by atoms with Crippen molar-refractivity contribution in [3.05, 3.63) is 35.9 Å². The van der Waals surface area contributed by atoms with Crippen molar-refractivity contribution in [3.8, 4) is 0 Å². The van der Waals surface area contributed by atoms with Crippen molar-refractivity contribution in [1.29, 1.82) is 0 Å². The molecule has 3 atom stereocenters. The quantitative estimate of drug-likeness (QED) is 0.715. The fourth-order valence-corrected chi connectivity index (χ4v) is 5.15. The molecule has 1 fully saturated rings. The maximum atomic E-state index is 13.3. The lowest BCUT2D eigenvalue weighted by Gasteiger charge is -2.41. The van der Waals surface area contributed by atoms with Crippen molar-refractivity contribution in [2.75, 3.05) is 6.54 Å². The summed E-state index contributed by atoms with van der Waals surface area (Å²) in [7, 11) is -1.20. The molecule has 1 aliphatic heterocycles. The summed E-state index contributed by atoms with van der Waals surface area (Å²) in [5.41, 5.74) is 0.814. The largest absolute Gasteiger partial charge is 0.417 e. The molecule has 25 heavy (non-hydrogen) atoms. The molecule has 0 N–H and O–H groups in total. The number of hydrogen-bond acceptors (Lipinski definition) is 2. The van der Waals surface area contributed by atoms with Crippen LogP contribution in [-0.2, 0) is 9.22 Å². The second-order valence-electron chi connectivity index (χ2n) is 9.34. The van der Waals surface area contributed by atoms with E-state index in [-0.39, 0.29) is 29.4 Å². The van der Waals surface area contributed by atoms with Crippen LogP contribution < -0.4 is 0 Å². The first-order valence-corrected chi connectivity index (χ1v) is 12.3. The Bertz CT molecular complexity index is 592. The van der Waals surface area contributed by atoms with Crippen LogP contribution in [0.5, 0.6) is 0 Å². The van der Waals surface area contributed by atoms with E-state index in [2.05, 4.69) is 71.7 Å². The fraction of sp³-hybridized carbons (Fsp3) is 0.667. The minimum atomic E-state index is -1.20. The number of nitrogens with zero attached hydrogens (tertiary/aromatic N) is 1. The molecule has 1 amide bonds. The van der Waals surface area contributed by atoms with Gasteiger partial charge in [0.2, 0.25) is 5.91 Å². The summed E-state index contributed by atoms with van der Waals surface area (Å²) >= 11 is 0. The molecular weight excluding hydrogens is 326 g/mol. The Morgan fingerprint density at radius 3 is 2.24 bits per heavy atom. The van der Waals surface area contributed by atoms with Crippen molar-refractivity contribution in [3.63, 3.8) is 0 Å². The van der Waals surface area contributed by atoms with Crippen LogP contribution in [0, 0.1) is 16.7 Å². The van der Waals surface area contributed by atoms with Gasteiger partial charge in [-0.25, -0.2) is 0 Å². The van der Waals surface area contributed by atoms with Crippen LogP contribution in [0.1, 0.15) is 53.1 Å². The molecule has 1 heterocycles. The zero-order valence-corrected chi connectivity index (χ0v) is 18.3. The van der Waals surface area contributed by atoms with Crippen LogP contribution >= 0.6 is 0 Å². The maximum absolute atomic E-state index is 13.3. The average Bonchev–Trinajstić information content (AvgIpc) is 2.75. The van der Waals surface area contributed by atoms with Gasteiger partial charge < -0.3 is 9.33 Å². The molecule has 2 rings (SSSR count). The van der Waals surface area contributed by atoms with Gasteiger partial charge in [-0.05, 0) is 31.0 Å². The third-order valence-electron chi connectivity index (χ3n) is 5.52. The minimum Gasteiger partial charge on any atom is -0.417 e. The zero-order valence-electron chi connectivity index (χ0n) is 17.2. The number of hydrogen-bond donors (Lipinski definition) is 0. The molecule has 1 aromatic rings. The third-order valence-corrected chi connectivity index (χ3v) is 6.36. The highest BCUT2D eigenvalue weighted by molar-refractivity contribution is 6.48. The van der Waals surface area contributed by atoms with E-state index in [1.807, 2.05) is 18.2 Å². The summed E-state index contributed by atoms with van der Waals surface area (Å²) in [6, 6.07) is 10.4. The van der Waals surface area contributed by atoms with Gasteiger partial charge in [-0.3, -0.25) is 4.79 Å². The molecule has 0 spiro atoms. The van der Waals surface area contributed by atoms with Gasteiger partial charge >= 0.3 is 0 Å². The standard InChI is InChI=1S/C21H35NO2Si/c1-15(16-12-10-9-11-13-16)22-14-17(21(5,6)19(22)23)18(20(2,3)4)24-25(7)8/h9-13,15,17-18,25H,14H2,1-8H3/t15-,17-,18?/m1/s1. The predicted octanol–water partition coefficient (Wildman–Crippen LogP) is 4.65. The normalized spacial score (nSPS) is 23.2. The first kappa shape index (κ1) is 20.2. The predicted molar refractivity (Wildman–Crippen MR) is 107 cm³/mol. The van der Waals surface area contributed by atoms with E-state index >= 15 is 0 Å². The van der Waals surface area contributed by atoms with Gasteiger partial charge in [0, 0.05) is 12.5 Å². The molecule has 0 radical (unpaired) electrons. The lowest BCUT2D eigenvalue weighted by Crippen LogP contribution is -2.45. The Morgan fingerprint density at radius 1 is 1.20 bits per heavy atom. The summed E-state index contributed by atoms with van der Waals surface area (Å²) in [6.45, 7) is 18.2. The van der Waals surface area contributed by atoms with E-state index in [0.29, 0.717) is 0 Å². The molecule has 3 nitrogen and oxygen atoms in total. The summed E-state index contributed by atoms with van der Waals surface area (Å²) < 4.78 is 6.48. The van der Waals surface area contributed by atoms with Crippen molar-refractivity contribution in [1.82, 2.24) is 4.90 Å². The summed E-state index contributed by atoms with van der Waals surface area (Å²) in [5, 5.41) is 0. The number of benzene rings is 1. The molecule has 1 aromatic carbocycles. The molecule has 0 aliphatic carbocycles. The van der Waals surface area contributed by atoms with Crippen LogP contribution in [0.25, 0.3) is 0 Å². The van der Waals surface area contributed by atoms with E-state index in [4.69, 9.17) is 4.43 Å². The van der Waals surface area contributed by atoms with Gasteiger partial charge in [0.25, 0.3) is 0 Å². The van der Waals surface area contributed by atoms with Gasteiger partial charge in [0.05, 0.1) is 17.6 Å². The third kappa shape index (κ3) is 4.17. The van der Waals surface area contributed by atoms with Gasteiger partial charge in [-0.1, -0.05) is 65.0 Å². The highest BCUT2D eigenvalue weighted by Crippen LogP contribution is 2.46. The van der Waals surface area contributed by atoms with E-state index in [1.54, 1.807) is 0 Å². The Hall–Kier alpha value is -1.13. The molecule has 0 bridgehead atoms. The number of likely N-dealkylation sites (tertiary alicyclic amines) is 1. The molecule has 1 unspecified atom stereocenters. The number of rotatable bonds is 5. The van der Waals surface area contributed by atoms with Crippen LogP contribution in [0.3, 0.4) is 0 Å². The summed E-state index contributed by atoms with van der Waals surface area (Å²) in [6.07, 6.45) is 0.103. The average molecular weight is 362 g/mol. The van der Waals surface area contributed by atoms with E-state index in [0.717, 1.165) is 6.54 Å². The lowest BCUT2D eigenvalue weighted by atomic mass is 9.70. The van der Waals surface area contributed by atoms with E-state index in [1.165, 1.54) is 5.56 Å². The molecule has 0 saturated carbocycles. The van der Waals surface area contributed by atoms with E-state index < -0.39 is 14.5 Å². The van der Waals surface area contributed by atoms with Crippen molar-refractivity contribution < 1.29 is 9.22 Å². The van der Waals surface area contributed by atoms with Crippen molar-refractivity contribution in [2.45, 2.75) is 66.8 Å². The Labute approximate surface area is 155 Å². The van der Waals surface area contributed by atoms with Crippen LogP contribution in [0.15, 0.2) is 30.3 Å². The number of carbonyl (C=O) groups is 1. The van der Waals surface area contributed by atoms with Gasteiger partial charge in [0.1, 0.15) is 0 Å². The van der Waals surface area contributed by atoms with Crippen molar-refractivity contribution in [2.24, 2.45) is 16.7 Å². The second kappa shape index (κ2) is 7.24. The van der Waals surface area contributed by atoms with Gasteiger partial charge in [-0.15, -0.1) is 0 Å². The van der Waals surface area contributed by atoms with Gasteiger partial charge in [-0.2, -0.15) is 0 Å². The highest BCUT2D eigenvalue weighted by atomic mass is 28.3. The van der Waals surface area contributed by atoms with E-state index in [9.17, 15) is 4.79 Å². The number of carbonyl (C=O) groups excluding carboxylic acids is 1. The zero-order chi connectivity index (χ0) is 19.0. The Balaban J connectivity index is 2.33. The van der Waals surface area contributed by atoms with Crippen molar-refractivity contribution >= 4 is 14.9 Å². The first-order valence-electron chi connectivity index (χ1n) is 9.47. The fourth-order valence-electron chi connectivity index (χ4n) is 3.97. The maximum Gasteiger partial charge on any atom is 0.229 e. The van der Waals surface area contributed by atoms with Crippen LogP contribution in [0.2, 0.25) is 13.1 Å². The van der Waals surface area contributed by atoms with Crippen LogP contribution in [-0.4, -0.2) is 32.5 Å². The molecule has 1 saturated heterocycles. The molecule has 0 aromatic heterocycles. The monoisotopic (exact) mass is 361 g/mol. The second-order valence-corrected chi connectivity index (χ2v) is 11.7. The Kier molecular flexibility index (Phi) is 5.84. The topological polar surface area (TPSA) is 29.5 Å². The number of amides is 1. The molecule has 4 heteroatoms. The smallest absolute Gasteiger partial charge is 0.229 e. The summed E-state index contributed by atoms with van der Waals surface area (Å²) in [4.78, 5) is 15.3.